The number of aryl methyl sites for hydroxylation is 1. The number of carbonyl (C=O) groups excluding carboxylic acids is 2. The molecule has 6 heteroatoms. The normalized spacial score (nSPS) is 22.2. The number of hydrogen-bond acceptors (Lipinski definition) is 3. The van der Waals surface area contributed by atoms with E-state index < -0.39 is 0 Å². The number of likely N-dealkylation sites (tertiary alicyclic amines) is 1. The molecule has 2 aliphatic heterocycles. The van der Waals surface area contributed by atoms with E-state index in [1.54, 1.807) is 23.1 Å². The van der Waals surface area contributed by atoms with E-state index in [0.29, 0.717) is 38.2 Å². The number of carbonyl (C=O) groups is 2. The molecule has 0 aromatic heterocycles. The van der Waals surface area contributed by atoms with Crippen LogP contribution in [0, 0.1) is 11.2 Å². The Hall–Kier alpha value is -2.73. The number of benzene rings is 2. The fourth-order valence-electron chi connectivity index (χ4n) is 4.24. The van der Waals surface area contributed by atoms with Crippen molar-refractivity contribution in [2.45, 2.75) is 19.3 Å². The molecule has 2 amide bonds. The molecule has 152 valence electrons. The average Bonchev–Trinajstić information content (AvgIpc) is 3.08. The van der Waals surface area contributed by atoms with Gasteiger partial charge in [0, 0.05) is 37.2 Å². The fourth-order valence-corrected chi connectivity index (χ4v) is 4.24. The predicted molar refractivity (Wildman–Crippen MR) is 108 cm³/mol. The van der Waals surface area contributed by atoms with Crippen molar-refractivity contribution in [3.63, 3.8) is 0 Å². The van der Waals surface area contributed by atoms with Gasteiger partial charge in [-0.05, 0) is 36.6 Å². The molecule has 5 nitrogen and oxygen atoms in total. The number of rotatable bonds is 4. The molecule has 1 spiro atoms. The maximum absolute atomic E-state index is 13.8. The van der Waals surface area contributed by atoms with Crippen molar-refractivity contribution in [1.82, 2.24) is 4.90 Å². The molecule has 2 heterocycles. The minimum atomic E-state index is -0.271. The molecule has 0 aliphatic carbocycles. The SMILES string of the molecule is O=C(CCc1ccccc1F)N1CCC2(COCC(=O)N(c3ccccc3)C2)C1. The van der Waals surface area contributed by atoms with Crippen LogP contribution in [0.5, 0.6) is 0 Å². The number of hydrogen-bond donors (Lipinski definition) is 0. The summed E-state index contributed by atoms with van der Waals surface area (Å²) in [4.78, 5) is 28.9. The van der Waals surface area contributed by atoms with Crippen molar-refractivity contribution in [3.8, 4) is 0 Å². The first-order chi connectivity index (χ1) is 14.1. The lowest BCUT2D eigenvalue weighted by Gasteiger charge is -2.32. The minimum Gasteiger partial charge on any atom is -0.371 e. The number of halogens is 1. The zero-order valence-electron chi connectivity index (χ0n) is 16.4. The Bertz CT molecular complexity index is 889. The standard InChI is InChI=1S/C23H25FN2O3/c24-20-9-5-4-6-18(20)10-11-21(27)25-13-12-23(15-25)16-26(22(28)14-29-17-23)19-7-2-1-3-8-19/h1-9H,10-17H2. The van der Waals surface area contributed by atoms with Crippen molar-refractivity contribution in [2.75, 3.05) is 37.7 Å². The Labute approximate surface area is 170 Å². The van der Waals surface area contributed by atoms with E-state index in [1.165, 1.54) is 6.07 Å². The van der Waals surface area contributed by atoms with Gasteiger partial charge >= 0.3 is 0 Å². The van der Waals surface area contributed by atoms with E-state index >= 15 is 0 Å². The highest BCUT2D eigenvalue weighted by atomic mass is 19.1. The molecule has 0 radical (unpaired) electrons. The van der Waals surface area contributed by atoms with Gasteiger partial charge in [-0.3, -0.25) is 9.59 Å². The second-order valence-corrected chi connectivity index (χ2v) is 7.96. The van der Waals surface area contributed by atoms with Crippen LogP contribution in [0.4, 0.5) is 10.1 Å². The Morgan fingerprint density at radius 1 is 1.07 bits per heavy atom. The molecule has 1 unspecified atom stereocenters. The molecular weight excluding hydrogens is 371 g/mol. The van der Waals surface area contributed by atoms with E-state index in [2.05, 4.69) is 0 Å². The summed E-state index contributed by atoms with van der Waals surface area (Å²) < 4.78 is 19.5. The summed E-state index contributed by atoms with van der Waals surface area (Å²) in [6, 6.07) is 16.2. The van der Waals surface area contributed by atoms with Gasteiger partial charge in [-0.15, -0.1) is 0 Å². The first-order valence-corrected chi connectivity index (χ1v) is 10.0. The maximum Gasteiger partial charge on any atom is 0.252 e. The van der Waals surface area contributed by atoms with Crippen LogP contribution in [0.3, 0.4) is 0 Å². The van der Waals surface area contributed by atoms with E-state index in [9.17, 15) is 14.0 Å². The van der Waals surface area contributed by atoms with E-state index in [1.807, 2.05) is 35.2 Å². The van der Waals surface area contributed by atoms with Crippen molar-refractivity contribution in [1.29, 1.82) is 0 Å². The fraction of sp³-hybridized carbons (Fsp3) is 0.391. The number of anilines is 1. The van der Waals surface area contributed by atoms with E-state index in [-0.39, 0.29) is 36.1 Å². The largest absolute Gasteiger partial charge is 0.371 e. The summed E-state index contributed by atoms with van der Waals surface area (Å²) in [5.41, 5.74) is 1.15. The van der Waals surface area contributed by atoms with Crippen LogP contribution in [0.25, 0.3) is 0 Å². The topological polar surface area (TPSA) is 49.9 Å². The second-order valence-electron chi connectivity index (χ2n) is 7.96. The molecule has 29 heavy (non-hydrogen) atoms. The van der Waals surface area contributed by atoms with Gasteiger partial charge in [0.25, 0.3) is 5.91 Å². The lowest BCUT2D eigenvalue weighted by molar-refractivity contribution is -0.130. The molecule has 2 fully saturated rings. The van der Waals surface area contributed by atoms with Crippen LogP contribution in [0.15, 0.2) is 54.6 Å². The van der Waals surface area contributed by atoms with Gasteiger partial charge in [0.15, 0.2) is 0 Å². The number of ether oxygens (including phenoxy) is 1. The molecule has 2 saturated heterocycles. The zero-order chi connectivity index (χ0) is 20.3. The van der Waals surface area contributed by atoms with E-state index in [4.69, 9.17) is 4.74 Å². The van der Waals surface area contributed by atoms with Crippen molar-refractivity contribution < 1.29 is 18.7 Å². The quantitative estimate of drug-likeness (QED) is 0.798. The van der Waals surface area contributed by atoms with Gasteiger partial charge in [-0.2, -0.15) is 0 Å². The van der Waals surface area contributed by atoms with Crippen LogP contribution < -0.4 is 4.90 Å². The maximum atomic E-state index is 13.8. The highest BCUT2D eigenvalue weighted by molar-refractivity contribution is 5.94. The second kappa shape index (κ2) is 8.33. The zero-order valence-corrected chi connectivity index (χ0v) is 16.4. The molecule has 0 saturated carbocycles. The van der Waals surface area contributed by atoms with Gasteiger partial charge < -0.3 is 14.5 Å². The third kappa shape index (κ3) is 4.32. The highest BCUT2D eigenvalue weighted by Gasteiger charge is 2.44. The lowest BCUT2D eigenvalue weighted by atomic mass is 9.87. The molecule has 4 rings (SSSR count). The van der Waals surface area contributed by atoms with Gasteiger partial charge in [-0.1, -0.05) is 36.4 Å². The van der Waals surface area contributed by atoms with Crippen molar-refractivity contribution in [2.24, 2.45) is 5.41 Å². The summed E-state index contributed by atoms with van der Waals surface area (Å²) in [5, 5.41) is 0. The van der Waals surface area contributed by atoms with Crippen molar-refractivity contribution in [3.05, 3.63) is 66.0 Å². The van der Waals surface area contributed by atoms with Crippen LogP contribution in [0.2, 0.25) is 0 Å². The molecule has 0 bridgehead atoms. The van der Waals surface area contributed by atoms with Crippen LogP contribution in [-0.2, 0) is 20.7 Å². The Balaban J connectivity index is 1.42. The number of nitrogens with zero attached hydrogens (tertiary/aromatic N) is 2. The van der Waals surface area contributed by atoms with Gasteiger partial charge in [0.1, 0.15) is 12.4 Å². The first-order valence-electron chi connectivity index (χ1n) is 10.0. The highest BCUT2D eigenvalue weighted by Crippen LogP contribution is 2.35. The summed E-state index contributed by atoms with van der Waals surface area (Å²) in [6.45, 7) is 2.24. The average molecular weight is 396 g/mol. The predicted octanol–water partition coefficient (Wildman–Crippen LogP) is 3.04. The van der Waals surface area contributed by atoms with Gasteiger partial charge in [0.05, 0.1) is 6.61 Å². The lowest BCUT2D eigenvalue weighted by Crippen LogP contribution is -2.43. The van der Waals surface area contributed by atoms with Gasteiger partial charge in [0.2, 0.25) is 5.91 Å². The third-order valence-electron chi connectivity index (χ3n) is 5.85. The molecule has 2 aliphatic rings. The summed E-state index contributed by atoms with van der Waals surface area (Å²) in [6.07, 6.45) is 1.45. The monoisotopic (exact) mass is 396 g/mol. The number of amides is 2. The molecule has 2 aromatic rings. The van der Waals surface area contributed by atoms with Crippen LogP contribution >= 0.6 is 0 Å². The minimum absolute atomic E-state index is 0.0203. The molecule has 2 aromatic carbocycles. The first kappa shape index (κ1) is 19.6. The third-order valence-corrected chi connectivity index (χ3v) is 5.85. The summed E-state index contributed by atoms with van der Waals surface area (Å²) in [5.74, 6) is -0.309. The number of para-hydroxylation sites is 1. The Morgan fingerprint density at radius 3 is 2.62 bits per heavy atom. The summed E-state index contributed by atoms with van der Waals surface area (Å²) in [7, 11) is 0. The Kier molecular flexibility index (Phi) is 5.62. The molecular formula is C23H25FN2O3. The van der Waals surface area contributed by atoms with Gasteiger partial charge in [-0.25, -0.2) is 4.39 Å². The molecule has 1 atom stereocenters. The van der Waals surface area contributed by atoms with Crippen molar-refractivity contribution >= 4 is 17.5 Å². The van der Waals surface area contributed by atoms with Crippen LogP contribution in [-0.4, -0.2) is 49.6 Å². The van der Waals surface area contributed by atoms with E-state index in [0.717, 1.165) is 12.1 Å². The Morgan fingerprint density at radius 2 is 1.83 bits per heavy atom. The molecule has 0 N–H and O–H groups in total. The van der Waals surface area contributed by atoms with Crippen LogP contribution in [0.1, 0.15) is 18.4 Å². The summed E-state index contributed by atoms with van der Waals surface area (Å²) >= 11 is 0. The smallest absolute Gasteiger partial charge is 0.252 e.